The number of hydrogen-bond acceptors (Lipinski definition) is 4. The molecule has 0 bridgehead atoms. The van der Waals surface area contributed by atoms with Crippen LogP contribution in [0.4, 0.5) is 0 Å². The molecule has 41 heavy (non-hydrogen) atoms. The van der Waals surface area contributed by atoms with Crippen molar-refractivity contribution in [3.63, 3.8) is 0 Å². The number of benzene rings is 2. The van der Waals surface area contributed by atoms with Crippen molar-refractivity contribution >= 4 is 5.97 Å². The van der Waals surface area contributed by atoms with E-state index in [1.54, 1.807) is 0 Å². The van der Waals surface area contributed by atoms with Gasteiger partial charge < -0.3 is 10.0 Å². The van der Waals surface area contributed by atoms with Crippen LogP contribution in [0.25, 0.3) is 0 Å². The Hall–Kier alpha value is -2.96. The van der Waals surface area contributed by atoms with E-state index in [4.69, 9.17) is 5.10 Å². The van der Waals surface area contributed by atoms with E-state index >= 15 is 0 Å². The third kappa shape index (κ3) is 7.10. The first-order valence-electron chi connectivity index (χ1n) is 15.8. The van der Waals surface area contributed by atoms with Crippen molar-refractivity contribution in [2.75, 3.05) is 32.7 Å². The largest absolute Gasteiger partial charge is 0.480 e. The Labute approximate surface area is 246 Å². The van der Waals surface area contributed by atoms with Crippen molar-refractivity contribution in [2.24, 2.45) is 11.8 Å². The molecule has 1 N–H and O–H groups in total. The minimum Gasteiger partial charge on any atom is -0.480 e. The molecule has 0 radical (unpaired) electrons. The van der Waals surface area contributed by atoms with Crippen LogP contribution in [0, 0.1) is 11.8 Å². The monoisotopic (exact) mass is 556 g/mol. The highest BCUT2D eigenvalue weighted by atomic mass is 16.4. The third-order valence-corrected chi connectivity index (χ3v) is 9.36. The Bertz CT molecular complexity index is 1230. The minimum atomic E-state index is -0.694. The highest BCUT2D eigenvalue weighted by molar-refractivity contribution is 5.73. The van der Waals surface area contributed by atoms with Gasteiger partial charge >= 0.3 is 5.97 Å². The average Bonchev–Trinajstić information content (AvgIpc) is 3.57. The van der Waals surface area contributed by atoms with Crippen molar-refractivity contribution in [3.8, 4) is 0 Å². The second-order valence-corrected chi connectivity index (χ2v) is 12.6. The lowest BCUT2D eigenvalue weighted by Crippen LogP contribution is -2.44. The summed E-state index contributed by atoms with van der Waals surface area (Å²) in [7, 11) is 0. The van der Waals surface area contributed by atoms with Gasteiger partial charge in [-0.05, 0) is 73.7 Å². The number of carboxylic acids is 1. The average molecular weight is 557 g/mol. The van der Waals surface area contributed by atoms with Gasteiger partial charge in [-0.1, -0.05) is 81.4 Å². The maximum atomic E-state index is 12.2. The van der Waals surface area contributed by atoms with Crippen LogP contribution in [-0.4, -0.2) is 69.4 Å². The molecule has 0 saturated carbocycles. The molecule has 220 valence electrons. The summed E-state index contributed by atoms with van der Waals surface area (Å²) in [5, 5.41) is 14.9. The van der Waals surface area contributed by atoms with Crippen molar-refractivity contribution in [1.29, 1.82) is 0 Å². The normalized spacial score (nSPS) is 21.5. The van der Waals surface area contributed by atoms with Gasteiger partial charge in [0.15, 0.2) is 0 Å². The predicted octanol–water partition coefficient (Wildman–Crippen LogP) is 6.08. The molecule has 0 amide bonds. The fraction of sp³-hybridized carbons (Fsp3) is 0.543. The number of hydrogen-bond donors (Lipinski definition) is 1. The molecule has 5 rings (SSSR count). The first-order chi connectivity index (χ1) is 19.9. The quantitative estimate of drug-likeness (QED) is 0.293. The van der Waals surface area contributed by atoms with Gasteiger partial charge in [0, 0.05) is 43.7 Å². The lowest BCUT2D eigenvalue weighted by molar-refractivity contribution is -0.144. The molecular formula is C35H48N4O2. The first kappa shape index (κ1) is 29.5. The molecule has 0 aliphatic carbocycles. The molecule has 2 fully saturated rings. The number of rotatable bonds is 12. The Morgan fingerprint density at radius 1 is 0.976 bits per heavy atom. The van der Waals surface area contributed by atoms with E-state index in [1.165, 1.54) is 22.4 Å². The number of piperidine rings is 1. The van der Waals surface area contributed by atoms with E-state index in [9.17, 15) is 9.90 Å². The third-order valence-electron chi connectivity index (χ3n) is 9.36. The van der Waals surface area contributed by atoms with Gasteiger partial charge in [-0.15, -0.1) is 0 Å². The van der Waals surface area contributed by atoms with Gasteiger partial charge in [-0.3, -0.25) is 14.4 Å². The Kier molecular flexibility index (Phi) is 9.94. The van der Waals surface area contributed by atoms with Gasteiger partial charge in [0.25, 0.3) is 0 Å². The standard InChI is InChI=1S/C35H48N4O2/c1-4-19-39-34(30(22-36-39)16-15-27-11-7-5-8-12-27)29-17-20-37(21-18-29)23-31-24-38(33(26(2)3)35(40)41)25-32(31)28-13-9-6-10-14-28/h5-14,22,26,29,31-33H,4,15-21,23-25H2,1-3H3,(H,40,41). The van der Waals surface area contributed by atoms with Crippen LogP contribution in [0.15, 0.2) is 66.9 Å². The second-order valence-electron chi connectivity index (χ2n) is 12.6. The number of aromatic nitrogens is 2. The Morgan fingerprint density at radius 2 is 1.66 bits per heavy atom. The van der Waals surface area contributed by atoms with Crippen molar-refractivity contribution < 1.29 is 9.90 Å². The van der Waals surface area contributed by atoms with Gasteiger partial charge in [-0.2, -0.15) is 5.10 Å². The molecule has 3 heterocycles. The van der Waals surface area contributed by atoms with Gasteiger partial charge in [0.05, 0.1) is 6.20 Å². The molecular weight excluding hydrogens is 508 g/mol. The van der Waals surface area contributed by atoms with Gasteiger partial charge in [0.1, 0.15) is 6.04 Å². The Balaban J connectivity index is 1.26. The number of nitrogens with zero attached hydrogens (tertiary/aromatic N) is 4. The highest BCUT2D eigenvalue weighted by Gasteiger charge is 2.41. The van der Waals surface area contributed by atoms with Crippen LogP contribution >= 0.6 is 0 Å². The van der Waals surface area contributed by atoms with E-state index in [2.05, 4.69) is 88.3 Å². The van der Waals surface area contributed by atoms with E-state index in [-0.39, 0.29) is 5.92 Å². The molecule has 2 aromatic carbocycles. The van der Waals surface area contributed by atoms with Crippen LogP contribution in [-0.2, 0) is 24.2 Å². The topological polar surface area (TPSA) is 61.6 Å². The zero-order valence-corrected chi connectivity index (χ0v) is 25.2. The molecule has 6 heteroatoms. The Morgan fingerprint density at radius 3 is 2.29 bits per heavy atom. The zero-order valence-electron chi connectivity index (χ0n) is 25.2. The molecule has 3 atom stereocenters. The van der Waals surface area contributed by atoms with Crippen LogP contribution in [0.5, 0.6) is 0 Å². The summed E-state index contributed by atoms with van der Waals surface area (Å²) in [4.78, 5) is 17.1. The molecule has 2 saturated heterocycles. The van der Waals surface area contributed by atoms with Gasteiger partial charge in [-0.25, -0.2) is 0 Å². The molecule has 2 aliphatic heterocycles. The summed E-state index contributed by atoms with van der Waals surface area (Å²) in [6, 6.07) is 21.1. The molecule has 6 nitrogen and oxygen atoms in total. The van der Waals surface area contributed by atoms with Crippen molar-refractivity contribution in [2.45, 2.75) is 77.3 Å². The fourth-order valence-corrected chi connectivity index (χ4v) is 7.39. The maximum absolute atomic E-state index is 12.2. The SMILES string of the molecule is CCCn1ncc(CCc2ccccc2)c1C1CCN(CC2CN(C(C(=O)O)C(C)C)CC2c2ccccc2)CC1. The summed E-state index contributed by atoms with van der Waals surface area (Å²) in [5.74, 6) is 0.739. The number of carboxylic acid groups (broad SMARTS) is 1. The lowest BCUT2D eigenvalue weighted by atomic mass is 9.86. The molecule has 2 aliphatic rings. The predicted molar refractivity (Wildman–Crippen MR) is 165 cm³/mol. The maximum Gasteiger partial charge on any atom is 0.321 e. The lowest BCUT2D eigenvalue weighted by Gasteiger charge is -2.35. The summed E-state index contributed by atoms with van der Waals surface area (Å²) < 4.78 is 2.29. The van der Waals surface area contributed by atoms with Crippen molar-refractivity contribution in [3.05, 3.63) is 89.2 Å². The number of aryl methyl sites for hydroxylation is 3. The summed E-state index contributed by atoms with van der Waals surface area (Å²) in [5.41, 5.74) is 5.62. The van der Waals surface area contributed by atoms with E-state index in [0.29, 0.717) is 17.8 Å². The van der Waals surface area contributed by atoms with E-state index < -0.39 is 12.0 Å². The number of aliphatic carboxylic acids is 1. The minimum absolute atomic E-state index is 0.0856. The zero-order chi connectivity index (χ0) is 28.8. The fourth-order valence-electron chi connectivity index (χ4n) is 7.39. The second kappa shape index (κ2) is 13.8. The number of likely N-dealkylation sites (tertiary alicyclic amines) is 2. The van der Waals surface area contributed by atoms with Crippen LogP contribution in [0.2, 0.25) is 0 Å². The molecule has 3 unspecified atom stereocenters. The van der Waals surface area contributed by atoms with E-state index in [1.807, 2.05) is 13.8 Å². The highest BCUT2D eigenvalue weighted by Crippen LogP contribution is 2.37. The van der Waals surface area contributed by atoms with Crippen LogP contribution in [0.3, 0.4) is 0 Å². The van der Waals surface area contributed by atoms with Crippen molar-refractivity contribution in [1.82, 2.24) is 19.6 Å². The van der Waals surface area contributed by atoms with Gasteiger partial charge in [0.2, 0.25) is 0 Å². The van der Waals surface area contributed by atoms with Crippen LogP contribution in [0.1, 0.15) is 74.3 Å². The first-order valence-corrected chi connectivity index (χ1v) is 15.8. The molecule has 3 aromatic rings. The summed E-state index contributed by atoms with van der Waals surface area (Å²) >= 11 is 0. The molecule has 0 spiro atoms. The summed E-state index contributed by atoms with van der Waals surface area (Å²) in [6.07, 6.45) is 7.63. The van der Waals surface area contributed by atoms with Crippen LogP contribution < -0.4 is 0 Å². The van der Waals surface area contributed by atoms with E-state index in [0.717, 1.165) is 71.4 Å². The molecule has 1 aromatic heterocycles. The number of carbonyl (C=O) groups is 1. The smallest absolute Gasteiger partial charge is 0.321 e. The summed E-state index contributed by atoms with van der Waals surface area (Å²) in [6.45, 7) is 12.2.